The van der Waals surface area contributed by atoms with Crippen molar-refractivity contribution in [3.63, 3.8) is 0 Å². The molecule has 0 bridgehead atoms. The average Bonchev–Trinajstić information content (AvgIpc) is 1.95. The highest BCUT2D eigenvalue weighted by atomic mass is 32.2. The third-order valence-electron chi connectivity index (χ3n) is 1.25. The molecule has 0 saturated carbocycles. The molecular formula is C5H10N4OS. The number of guanidine groups is 1. The predicted octanol–water partition coefficient (Wildman–Crippen LogP) is -0.396. The van der Waals surface area contributed by atoms with Gasteiger partial charge < -0.3 is 16.0 Å². The molecule has 1 heterocycles. The molecule has 62 valence electrons. The van der Waals surface area contributed by atoms with Crippen LogP contribution in [-0.2, 0) is 0 Å². The van der Waals surface area contributed by atoms with Crippen molar-refractivity contribution < 1.29 is 4.79 Å². The molecule has 1 aliphatic rings. The quantitative estimate of drug-likeness (QED) is 0.598. The van der Waals surface area contributed by atoms with E-state index >= 15 is 0 Å². The fourth-order valence-corrected chi connectivity index (χ4v) is 1.26. The SMILES string of the molecule is CSCN1CNC(=O)N=C1N. The Bertz CT molecular complexity index is 193. The summed E-state index contributed by atoms with van der Waals surface area (Å²) in [5, 5.41) is 2.55. The topological polar surface area (TPSA) is 70.7 Å². The van der Waals surface area contributed by atoms with Gasteiger partial charge in [0.15, 0.2) is 0 Å². The smallest absolute Gasteiger partial charge is 0.345 e. The second kappa shape index (κ2) is 3.47. The molecule has 0 aromatic carbocycles. The molecule has 1 rings (SSSR count). The molecule has 0 atom stereocenters. The van der Waals surface area contributed by atoms with Crippen LogP contribution >= 0.6 is 11.8 Å². The van der Waals surface area contributed by atoms with Crippen LogP contribution in [0.15, 0.2) is 4.99 Å². The van der Waals surface area contributed by atoms with Gasteiger partial charge in [0.2, 0.25) is 5.96 Å². The molecule has 0 aliphatic carbocycles. The Balaban J connectivity index is 2.57. The summed E-state index contributed by atoms with van der Waals surface area (Å²) in [7, 11) is 0. The molecule has 5 nitrogen and oxygen atoms in total. The summed E-state index contributed by atoms with van der Waals surface area (Å²) in [6.45, 7) is 0.453. The number of thioether (sulfide) groups is 1. The first-order valence-corrected chi connectivity index (χ1v) is 4.49. The van der Waals surface area contributed by atoms with Gasteiger partial charge in [-0.2, -0.15) is 4.99 Å². The minimum absolute atomic E-state index is 0.295. The van der Waals surface area contributed by atoms with Crippen molar-refractivity contribution in [2.24, 2.45) is 10.7 Å². The van der Waals surface area contributed by atoms with E-state index in [-0.39, 0.29) is 6.03 Å². The van der Waals surface area contributed by atoms with Crippen LogP contribution < -0.4 is 11.1 Å². The van der Waals surface area contributed by atoms with Crippen LogP contribution in [0.4, 0.5) is 4.79 Å². The van der Waals surface area contributed by atoms with Crippen molar-refractivity contribution in [2.45, 2.75) is 0 Å². The van der Waals surface area contributed by atoms with E-state index in [2.05, 4.69) is 10.3 Å². The minimum atomic E-state index is -0.361. The predicted molar refractivity (Wildman–Crippen MR) is 45.2 cm³/mol. The van der Waals surface area contributed by atoms with Gasteiger partial charge in [-0.3, -0.25) is 0 Å². The molecule has 0 radical (unpaired) electrons. The van der Waals surface area contributed by atoms with Crippen LogP contribution in [0, 0.1) is 0 Å². The molecule has 0 aromatic rings. The molecule has 0 saturated heterocycles. The number of carbonyl (C=O) groups is 1. The van der Waals surface area contributed by atoms with Gasteiger partial charge in [0, 0.05) is 0 Å². The van der Waals surface area contributed by atoms with E-state index in [4.69, 9.17) is 5.73 Å². The maximum atomic E-state index is 10.6. The van der Waals surface area contributed by atoms with Gasteiger partial charge in [0.05, 0.1) is 12.5 Å². The molecule has 11 heavy (non-hydrogen) atoms. The van der Waals surface area contributed by atoms with E-state index in [1.165, 1.54) is 0 Å². The lowest BCUT2D eigenvalue weighted by Crippen LogP contribution is -2.49. The van der Waals surface area contributed by atoms with Crippen molar-refractivity contribution in [1.82, 2.24) is 10.2 Å². The molecule has 2 amide bonds. The van der Waals surface area contributed by atoms with Gasteiger partial charge in [-0.1, -0.05) is 0 Å². The zero-order valence-corrected chi connectivity index (χ0v) is 7.02. The molecular weight excluding hydrogens is 164 g/mol. The fourth-order valence-electron chi connectivity index (χ4n) is 0.726. The summed E-state index contributed by atoms with van der Waals surface area (Å²) in [4.78, 5) is 15.9. The fraction of sp³-hybridized carbons (Fsp3) is 0.600. The number of hydrogen-bond acceptors (Lipinski definition) is 4. The number of hydrogen-bond donors (Lipinski definition) is 2. The monoisotopic (exact) mass is 174 g/mol. The van der Waals surface area contributed by atoms with Crippen molar-refractivity contribution in [3.05, 3.63) is 0 Å². The first-order chi connectivity index (χ1) is 5.24. The number of carbonyl (C=O) groups excluding carboxylic acids is 1. The number of urea groups is 1. The second-order valence-corrected chi connectivity index (χ2v) is 2.90. The summed E-state index contributed by atoms with van der Waals surface area (Å²) in [5.41, 5.74) is 5.46. The van der Waals surface area contributed by atoms with Crippen LogP contribution in [0.2, 0.25) is 0 Å². The summed E-state index contributed by atoms with van der Waals surface area (Å²) in [6.07, 6.45) is 1.96. The van der Waals surface area contributed by atoms with Gasteiger partial charge in [0.1, 0.15) is 0 Å². The Hall–Kier alpha value is -0.910. The molecule has 0 fully saturated rings. The van der Waals surface area contributed by atoms with Gasteiger partial charge in [0.25, 0.3) is 0 Å². The van der Waals surface area contributed by atoms with E-state index in [1.807, 2.05) is 6.26 Å². The third-order valence-corrected chi connectivity index (χ3v) is 1.82. The normalized spacial score (nSPS) is 17.7. The Morgan fingerprint density at radius 2 is 2.64 bits per heavy atom. The van der Waals surface area contributed by atoms with Gasteiger partial charge >= 0.3 is 6.03 Å². The lowest BCUT2D eigenvalue weighted by Gasteiger charge is -2.25. The number of nitrogens with zero attached hydrogens (tertiary/aromatic N) is 2. The van der Waals surface area contributed by atoms with Crippen LogP contribution in [-0.4, -0.2) is 35.7 Å². The summed E-state index contributed by atoms with van der Waals surface area (Å²) in [5.74, 6) is 1.04. The first kappa shape index (κ1) is 8.19. The standard InChI is InChI=1S/C5H10N4OS/c1-11-3-9-2-7-5(10)8-4(9)6/h2-3H2,1H3,(H3,6,7,8,10). The zero-order chi connectivity index (χ0) is 8.27. The highest BCUT2D eigenvalue weighted by Crippen LogP contribution is 2.00. The van der Waals surface area contributed by atoms with Crippen molar-refractivity contribution in [2.75, 3.05) is 18.8 Å². The van der Waals surface area contributed by atoms with Gasteiger partial charge in [-0.05, 0) is 6.26 Å². The maximum absolute atomic E-state index is 10.6. The largest absolute Gasteiger partial charge is 0.369 e. The van der Waals surface area contributed by atoms with E-state index < -0.39 is 0 Å². The van der Waals surface area contributed by atoms with Crippen LogP contribution in [0.3, 0.4) is 0 Å². The molecule has 0 spiro atoms. The molecule has 0 aromatic heterocycles. The number of amides is 2. The van der Waals surface area contributed by atoms with Crippen LogP contribution in [0.5, 0.6) is 0 Å². The molecule has 3 N–H and O–H groups in total. The molecule has 1 aliphatic heterocycles. The second-order valence-electron chi connectivity index (χ2n) is 2.07. The third kappa shape index (κ3) is 2.01. The number of nitrogens with one attached hydrogen (secondary N) is 1. The van der Waals surface area contributed by atoms with Crippen molar-refractivity contribution in [1.29, 1.82) is 0 Å². The molecule has 0 unspecified atom stereocenters. The Labute approximate surface area is 69.0 Å². The highest BCUT2D eigenvalue weighted by Gasteiger charge is 2.14. The summed E-state index contributed by atoms with van der Waals surface area (Å²) >= 11 is 1.63. The Morgan fingerprint density at radius 3 is 3.18 bits per heavy atom. The van der Waals surface area contributed by atoms with Crippen LogP contribution in [0.25, 0.3) is 0 Å². The van der Waals surface area contributed by atoms with E-state index in [1.54, 1.807) is 16.7 Å². The van der Waals surface area contributed by atoms with E-state index in [9.17, 15) is 4.79 Å². The highest BCUT2D eigenvalue weighted by molar-refractivity contribution is 7.98. The lowest BCUT2D eigenvalue weighted by atomic mass is 10.7. The van der Waals surface area contributed by atoms with Crippen molar-refractivity contribution >= 4 is 23.8 Å². The Morgan fingerprint density at radius 1 is 1.91 bits per heavy atom. The average molecular weight is 174 g/mol. The van der Waals surface area contributed by atoms with Gasteiger partial charge in [-0.15, -0.1) is 11.8 Å². The maximum Gasteiger partial charge on any atom is 0.345 e. The number of nitrogens with two attached hydrogens (primary N) is 1. The van der Waals surface area contributed by atoms with Crippen LogP contribution in [0.1, 0.15) is 0 Å². The van der Waals surface area contributed by atoms with E-state index in [0.29, 0.717) is 12.6 Å². The minimum Gasteiger partial charge on any atom is -0.369 e. The number of rotatable bonds is 2. The van der Waals surface area contributed by atoms with E-state index in [0.717, 1.165) is 5.88 Å². The lowest BCUT2D eigenvalue weighted by molar-refractivity contribution is 0.241. The summed E-state index contributed by atoms with van der Waals surface area (Å²) in [6, 6.07) is -0.361. The Kier molecular flexibility index (Phi) is 2.58. The van der Waals surface area contributed by atoms with Crippen molar-refractivity contribution in [3.8, 4) is 0 Å². The number of aliphatic imine (C=N–C) groups is 1. The molecule has 6 heteroatoms. The van der Waals surface area contributed by atoms with Gasteiger partial charge in [-0.25, -0.2) is 4.79 Å². The summed E-state index contributed by atoms with van der Waals surface area (Å²) < 4.78 is 0. The first-order valence-electron chi connectivity index (χ1n) is 3.10. The zero-order valence-electron chi connectivity index (χ0n) is 6.20.